The van der Waals surface area contributed by atoms with Crippen molar-refractivity contribution in [2.45, 2.75) is 56.0 Å². The number of cyclic esters (lactones) is 1. The van der Waals surface area contributed by atoms with E-state index < -0.39 is 53.6 Å². The molecule has 0 aromatic heterocycles. The molecule has 0 saturated carbocycles. The van der Waals surface area contributed by atoms with Gasteiger partial charge in [0, 0.05) is 13.1 Å². The first-order valence-corrected chi connectivity index (χ1v) is 14.4. The monoisotopic (exact) mass is 556 g/mol. The highest BCUT2D eigenvalue weighted by Gasteiger charge is 2.75. The third-order valence-electron chi connectivity index (χ3n) is 8.93. The van der Waals surface area contributed by atoms with Gasteiger partial charge in [-0.05, 0) is 37.3 Å². The number of nitrogens with zero attached hydrogens (tertiary/aromatic N) is 2. The van der Waals surface area contributed by atoms with Crippen molar-refractivity contribution in [2.24, 2.45) is 11.8 Å². The van der Waals surface area contributed by atoms with Gasteiger partial charge in [0.25, 0.3) is 0 Å². The molecule has 6 rings (SSSR count). The highest BCUT2D eigenvalue weighted by Crippen LogP contribution is 2.58. The van der Waals surface area contributed by atoms with Gasteiger partial charge in [0.15, 0.2) is 0 Å². The van der Waals surface area contributed by atoms with Crippen molar-refractivity contribution in [1.82, 2.24) is 9.80 Å². The van der Waals surface area contributed by atoms with Gasteiger partial charge in [0.1, 0.15) is 17.6 Å². The molecule has 0 aliphatic carbocycles. The molecule has 4 heterocycles. The molecule has 0 radical (unpaired) electrons. The predicted molar refractivity (Wildman–Crippen MR) is 151 cm³/mol. The van der Waals surface area contributed by atoms with E-state index in [9.17, 15) is 19.5 Å². The van der Waals surface area contributed by atoms with Crippen molar-refractivity contribution in [1.29, 1.82) is 0 Å². The molecule has 1 spiro atoms. The van der Waals surface area contributed by atoms with Crippen LogP contribution in [0.5, 0.6) is 0 Å². The fourth-order valence-electron chi connectivity index (χ4n) is 7.09. The van der Waals surface area contributed by atoms with Gasteiger partial charge in [0.05, 0.1) is 30.8 Å². The fraction of sp³-hybridized carbons (Fsp3) is 0.424. The minimum absolute atomic E-state index is 0.267. The van der Waals surface area contributed by atoms with Gasteiger partial charge in [-0.2, -0.15) is 0 Å². The Hall–Kier alpha value is -3.75. The van der Waals surface area contributed by atoms with E-state index in [1.807, 2.05) is 91.9 Å². The summed E-state index contributed by atoms with van der Waals surface area (Å²) in [6, 6.07) is 17.0. The summed E-state index contributed by atoms with van der Waals surface area (Å²) in [5, 5.41) is 10.7. The molecule has 4 aliphatic rings. The summed E-state index contributed by atoms with van der Waals surface area (Å²) >= 11 is 0. The van der Waals surface area contributed by atoms with Crippen LogP contribution in [0.3, 0.4) is 0 Å². The topological polar surface area (TPSA) is 96.4 Å². The number of ether oxygens (including phenoxy) is 2. The fourth-order valence-corrected chi connectivity index (χ4v) is 7.09. The van der Waals surface area contributed by atoms with Crippen LogP contribution in [0.15, 0.2) is 85.0 Å². The summed E-state index contributed by atoms with van der Waals surface area (Å²) in [6.45, 7) is 2.35. The molecule has 8 nitrogen and oxygen atoms in total. The van der Waals surface area contributed by atoms with E-state index in [2.05, 4.69) is 0 Å². The molecule has 2 aromatic carbocycles. The van der Waals surface area contributed by atoms with Crippen LogP contribution in [0, 0.1) is 11.8 Å². The lowest BCUT2D eigenvalue weighted by molar-refractivity contribution is -0.162. The number of aliphatic hydroxyl groups is 1. The standard InChI is InChI=1S/C33H36N2O6/c1-32-17-10-2-3-11-20-40-31(39)27(32)26-29(37)35(25(22-36)24-15-8-5-9-16-24)28-30(38)34(19-12-18-33(26,28)41-32)21-23-13-6-4-7-14-23/h4-10,12-18,25-28,36H,2-3,11,19-22H2,1H3/b17-10-/t25-,26+,27-,28?,32+,33+/m1/s1. The van der Waals surface area contributed by atoms with Crippen molar-refractivity contribution in [3.8, 4) is 0 Å². The number of carbonyl (C=O) groups excluding carboxylic acids is 3. The summed E-state index contributed by atoms with van der Waals surface area (Å²) in [4.78, 5) is 46.1. The predicted octanol–water partition coefficient (Wildman–Crippen LogP) is 3.57. The van der Waals surface area contributed by atoms with Gasteiger partial charge in [-0.15, -0.1) is 0 Å². The minimum Gasteiger partial charge on any atom is -0.465 e. The van der Waals surface area contributed by atoms with Crippen molar-refractivity contribution < 1.29 is 29.0 Å². The van der Waals surface area contributed by atoms with E-state index in [-0.39, 0.29) is 12.5 Å². The molecule has 6 atom stereocenters. The lowest BCUT2D eigenvalue weighted by Gasteiger charge is -2.40. The van der Waals surface area contributed by atoms with E-state index in [1.54, 1.807) is 4.90 Å². The van der Waals surface area contributed by atoms with Crippen molar-refractivity contribution >= 4 is 17.8 Å². The Labute approximate surface area is 240 Å². The van der Waals surface area contributed by atoms with Gasteiger partial charge < -0.3 is 24.4 Å². The van der Waals surface area contributed by atoms with Crippen LogP contribution in [-0.4, -0.2) is 69.7 Å². The number of hydrogen-bond acceptors (Lipinski definition) is 6. The normalized spacial score (nSPS) is 32.9. The molecular weight excluding hydrogens is 520 g/mol. The van der Waals surface area contributed by atoms with Crippen LogP contribution in [0.1, 0.15) is 43.4 Å². The Bertz CT molecular complexity index is 1360. The summed E-state index contributed by atoms with van der Waals surface area (Å²) in [5.74, 6) is -3.13. The molecule has 2 fully saturated rings. The molecule has 2 amide bonds. The van der Waals surface area contributed by atoms with Crippen LogP contribution in [0.4, 0.5) is 0 Å². The summed E-state index contributed by atoms with van der Waals surface area (Å²) in [5.41, 5.74) is -0.914. The van der Waals surface area contributed by atoms with Crippen molar-refractivity contribution in [2.75, 3.05) is 19.8 Å². The number of benzene rings is 2. The quantitative estimate of drug-likeness (QED) is 0.447. The molecule has 8 heteroatoms. The number of rotatable bonds is 5. The van der Waals surface area contributed by atoms with E-state index in [4.69, 9.17) is 9.47 Å². The van der Waals surface area contributed by atoms with Crippen molar-refractivity contribution in [3.05, 3.63) is 96.1 Å². The zero-order chi connectivity index (χ0) is 28.6. The van der Waals surface area contributed by atoms with E-state index in [0.29, 0.717) is 18.7 Å². The smallest absolute Gasteiger partial charge is 0.313 e. The molecule has 1 unspecified atom stereocenters. The first kappa shape index (κ1) is 27.4. The Morgan fingerprint density at radius 3 is 2.39 bits per heavy atom. The maximum atomic E-state index is 14.6. The number of esters is 1. The van der Waals surface area contributed by atoms with Crippen LogP contribution in [0.25, 0.3) is 0 Å². The second-order valence-electron chi connectivity index (χ2n) is 11.5. The minimum atomic E-state index is -1.42. The average molecular weight is 557 g/mol. The van der Waals surface area contributed by atoms with Gasteiger partial charge in [-0.1, -0.05) is 85.0 Å². The Kier molecular flexibility index (Phi) is 7.30. The van der Waals surface area contributed by atoms with E-state index in [0.717, 1.165) is 24.8 Å². The molecule has 41 heavy (non-hydrogen) atoms. The third-order valence-corrected chi connectivity index (χ3v) is 8.93. The first-order valence-electron chi connectivity index (χ1n) is 14.4. The number of aliphatic hydroxyl groups excluding tert-OH is 1. The maximum Gasteiger partial charge on any atom is 0.313 e. The Morgan fingerprint density at radius 2 is 1.66 bits per heavy atom. The summed E-state index contributed by atoms with van der Waals surface area (Å²) < 4.78 is 12.6. The number of amides is 2. The number of carbonyl (C=O) groups is 3. The Morgan fingerprint density at radius 1 is 0.927 bits per heavy atom. The Balaban J connectivity index is 1.50. The molecule has 2 aromatic rings. The molecule has 1 N–H and O–H groups in total. The number of likely N-dealkylation sites (tertiary alicyclic amines) is 1. The zero-order valence-electron chi connectivity index (χ0n) is 23.2. The van der Waals surface area contributed by atoms with Crippen molar-refractivity contribution in [3.63, 3.8) is 0 Å². The second kappa shape index (κ2) is 10.9. The SMILES string of the molecule is C[C@]12/C=C\CCCCOC(=O)[C@H]1[C@H]1C(=O)N([C@H](CO)c3ccccc3)C3C(=O)N(Cc4ccccc4)CC=C[C@@]31O2. The van der Waals surface area contributed by atoms with Crippen LogP contribution in [0.2, 0.25) is 0 Å². The first-order chi connectivity index (χ1) is 19.9. The van der Waals surface area contributed by atoms with Crippen LogP contribution < -0.4 is 0 Å². The largest absolute Gasteiger partial charge is 0.465 e. The van der Waals surface area contributed by atoms with Gasteiger partial charge >= 0.3 is 5.97 Å². The lowest BCUT2D eigenvalue weighted by Crippen LogP contribution is -2.56. The number of fused-ring (bicyclic) bond motifs is 2. The van der Waals surface area contributed by atoms with Gasteiger partial charge in [-0.25, -0.2) is 0 Å². The maximum absolute atomic E-state index is 14.6. The molecule has 2 saturated heterocycles. The van der Waals surface area contributed by atoms with Crippen LogP contribution >= 0.6 is 0 Å². The third kappa shape index (κ3) is 4.59. The summed E-state index contributed by atoms with van der Waals surface area (Å²) in [7, 11) is 0. The number of hydrogen-bond donors (Lipinski definition) is 1. The summed E-state index contributed by atoms with van der Waals surface area (Å²) in [6.07, 6.45) is 9.97. The molecule has 4 aliphatic heterocycles. The average Bonchev–Trinajstić information content (AvgIpc) is 3.31. The molecule has 0 bridgehead atoms. The highest BCUT2D eigenvalue weighted by atomic mass is 16.6. The molecule has 214 valence electrons. The number of allylic oxidation sites excluding steroid dienone is 1. The molecular formula is C33H36N2O6. The second-order valence-corrected chi connectivity index (χ2v) is 11.5. The van der Waals surface area contributed by atoms with Crippen LogP contribution in [-0.2, 0) is 30.4 Å². The highest BCUT2D eigenvalue weighted by molar-refractivity contribution is 5.99. The zero-order valence-corrected chi connectivity index (χ0v) is 23.2. The lowest BCUT2D eigenvalue weighted by atomic mass is 9.74. The van der Waals surface area contributed by atoms with E-state index in [1.165, 1.54) is 4.90 Å². The van der Waals surface area contributed by atoms with E-state index >= 15 is 0 Å². The van der Waals surface area contributed by atoms with Gasteiger partial charge in [0.2, 0.25) is 11.8 Å². The van der Waals surface area contributed by atoms with Gasteiger partial charge in [-0.3, -0.25) is 14.4 Å².